The van der Waals surface area contributed by atoms with Gasteiger partial charge in [-0.15, -0.1) is 0 Å². The van der Waals surface area contributed by atoms with Gasteiger partial charge in [-0.2, -0.15) is 0 Å². The number of rotatable bonds is 4. The molecule has 0 saturated heterocycles. The third-order valence-electron chi connectivity index (χ3n) is 0.979. The van der Waals surface area contributed by atoms with Gasteiger partial charge < -0.3 is 5.73 Å². The van der Waals surface area contributed by atoms with Gasteiger partial charge in [0.2, 0.25) is 5.91 Å². The SMILES string of the molecule is CCCC=NC(=O)CC(N)=O. The molecular formula is C7H12N2O2. The van der Waals surface area contributed by atoms with Gasteiger partial charge in [-0.25, -0.2) is 4.99 Å². The van der Waals surface area contributed by atoms with Crippen LogP contribution in [0.4, 0.5) is 0 Å². The Balaban J connectivity index is 3.60. The summed E-state index contributed by atoms with van der Waals surface area (Å²) < 4.78 is 0. The van der Waals surface area contributed by atoms with Crippen molar-refractivity contribution < 1.29 is 9.59 Å². The molecule has 4 heteroatoms. The summed E-state index contributed by atoms with van der Waals surface area (Å²) in [5, 5.41) is 0. The fourth-order valence-corrected chi connectivity index (χ4v) is 0.490. The highest BCUT2D eigenvalue weighted by atomic mass is 16.2. The van der Waals surface area contributed by atoms with Gasteiger partial charge in [-0.1, -0.05) is 13.3 Å². The van der Waals surface area contributed by atoms with Gasteiger partial charge in [0.25, 0.3) is 5.91 Å². The molecule has 0 fully saturated rings. The van der Waals surface area contributed by atoms with Crippen LogP contribution in [0.5, 0.6) is 0 Å². The molecule has 0 rings (SSSR count). The van der Waals surface area contributed by atoms with Crippen LogP contribution in [0.25, 0.3) is 0 Å². The number of hydrogen-bond donors (Lipinski definition) is 1. The van der Waals surface area contributed by atoms with E-state index in [4.69, 9.17) is 5.73 Å². The average molecular weight is 156 g/mol. The van der Waals surface area contributed by atoms with Gasteiger partial charge in [0.1, 0.15) is 6.42 Å². The van der Waals surface area contributed by atoms with E-state index in [0.717, 1.165) is 12.8 Å². The van der Waals surface area contributed by atoms with E-state index < -0.39 is 11.8 Å². The molecule has 0 aliphatic carbocycles. The molecule has 0 aliphatic heterocycles. The minimum atomic E-state index is -0.636. The fraction of sp³-hybridized carbons (Fsp3) is 0.571. The highest BCUT2D eigenvalue weighted by molar-refractivity contribution is 5.99. The van der Waals surface area contributed by atoms with E-state index >= 15 is 0 Å². The Morgan fingerprint density at radius 1 is 1.55 bits per heavy atom. The first kappa shape index (κ1) is 9.81. The van der Waals surface area contributed by atoms with Gasteiger partial charge in [0, 0.05) is 6.21 Å². The van der Waals surface area contributed by atoms with Gasteiger partial charge >= 0.3 is 0 Å². The van der Waals surface area contributed by atoms with Crippen molar-refractivity contribution in [1.29, 1.82) is 0 Å². The number of amides is 2. The third-order valence-corrected chi connectivity index (χ3v) is 0.979. The van der Waals surface area contributed by atoms with Crippen LogP contribution in [0, 0.1) is 0 Å². The zero-order valence-electron chi connectivity index (χ0n) is 6.54. The molecule has 2 N–H and O–H groups in total. The topological polar surface area (TPSA) is 72.5 Å². The van der Waals surface area contributed by atoms with E-state index in [9.17, 15) is 9.59 Å². The monoisotopic (exact) mass is 156 g/mol. The molecule has 0 aliphatic rings. The van der Waals surface area contributed by atoms with Gasteiger partial charge in [-0.3, -0.25) is 9.59 Å². The third kappa shape index (κ3) is 6.70. The van der Waals surface area contributed by atoms with Crippen molar-refractivity contribution in [2.24, 2.45) is 10.7 Å². The number of nitrogens with two attached hydrogens (primary N) is 1. The molecule has 0 saturated carbocycles. The van der Waals surface area contributed by atoms with Crippen molar-refractivity contribution in [2.75, 3.05) is 0 Å². The van der Waals surface area contributed by atoms with Crippen molar-refractivity contribution in [3.8, 4) is 0 Å². The lowest BCUT2D eigenvalue weighted by Gasteiger charge is -1.87. The van der Waals surface area contributed by atoms with E-state index in [0.29, 0.717) is 0 Å². The summed E-state index contributed by atoms with van der Waals surface area (Å²) in [6, 6.07) is 0. The largest absolute Gasteiger partial charge is 0.369 e. The number of primary amides is 1. The summed E-state index contributed by atoms with van der Waals surface area (Å²) in [4.78, 5) is 24.3. The molecule has 2 amide bonds. The van der Waals surface area contributed by atoms with E-state index in [1.807, 2.05) is 6.92 Å². The van der Waals surface area contributed by atoms with Gasteiger partial charge in [0.15, 0.2) is 0 Å². The van der Waals surface area contributed by atoms with Crippen LogP contribution >= 0.6 is 0 Å². The first-order valence-electron chi connectivity index (χ1n) is 3.50. The van der Waals surface area contributed by atoms with E-state index in [1.54, 1.807) is 0 Å². The normalized spacial score (nSPS) is 10.3. The van der Waals surface area contributed by atoms with Gasteiger partial charge in [0.05, 0.1) is 0 Å². The van der Waals surface area contributed by atoms with Crippen molar-refractivity contribution in [3.05, 3.63) is 0 Å². The Morgan fingerprint density at radius 2 is 2.18 bits per heavy atom. The standard InChI is InChI=1S/C7H12N2O2/c1-2-3-4-9-7(11)5-6(8)10/h4H,2-3,5H2,1H3,(H2,8,10). The second-order valence-corrected chi connectivity index (χ2v) is 2.14. The molecule has 0 radical (unpaired) electrons. The molecule has 0 aromatic carbocycles. The predicted molar refractivity (Wildman–Crippen MR) is 42.2 cm³/mol. The lowest BCUT2D eigenvalue weighted by molar-refractivity contribution is -0.125. The molecule has 11 heavy (non-hydrogen) atoms. The van der Waals surface area contributed by atoms with Crippen LogP contribution in [0.3, 0.4) is 0 Å². The molecule has 4 nitrogen and oxygen atoms in total. The number of carbonyl (C=O) groups is 2. The van der Waals surface area contributed by atoms with Crippen molar-refractivity contribution in [2.45, 2.75) is 26.2 Å². The van der Waals surface area contributed by atoms with E-state index in [1.165, 1.54) is 6.21 Å². The first-order valence-corrected chi connectivity index (χ1v) is 3.50. The number of nitrogens with zero attached hydrogens (tertiary/aromatic N) is 1. The molecule has 0 aromatic heterocycles. The van der Waals surface area contributed by atoms with Crippen molar-refractivity contribution >= 4 is 18.0 Å². The van der Waals surface area contributed by atoms with Crippen LogP contribution < -0.4 is 5.73 Å². The highest BCUT2D eigenvalue weighted by Gasteiger charge is 2.01. The number of hydrogen-bond acceptors (Lipinski definition) is 2. The van der Waals surface area contributed by atoms with E-state index in [-0.39, 0.29) is 6.42 Å². The predicted octanol–water partition coefficient (Wildman–Crippen LogP) is 0.259. The quantitative estimate of drug-likeness (QED) is 0.468. The molecule has 0 unspecified atom stereocenters. The fourth-order valence-electron chi connectivity index (χ4n) is 0.490. The summed E-state index contributed by atoms with van der Waals surface area (Å²) in [6.45, 7) is 1.98. The Kier molecular flexibility index (Phi) is 4.98. The van der Waals surface area contributed by atoms with Crippen LogP contribution in [0.1, 0.15) is 26.2 Å². The number of unbranched alkanes of at least 4 members (excludes halogenated alkanes) is 1. The van der Waals surface area contributed by atoms with Crippen LogP contribution in [-0.2, 0) is 9.59 Å². The second kappa shape index (κ2) is 5.58. The second-order valence-electron chi connectivity index (χ2n) is 2.14. The summed E-state index contributed by atoms with van der Waals surface area (Å²) in [7, 11) is 0. The Labute approximate surface area is 65.5 Å². The summed E-state index contributed by atoms with van der Waals surface area (Å²) in [5.74, 6) is -1.10. The summed E-state index contributed by atoms with van der Waals surface area (Å²) in [5.41, 5.74) is 4.76. The van der Waals surface area contributed by atoms with Crippen LogP contribution in [0.2, 0.25) is 0 Å². The Bertz CT molecular complexity index is 175. The maximum Gasteiger partial charge on any atom is 0.254 e. The number of carbonyl (C=O) groups excluding carboxylic acids is 2. The lowest BCUT2D eigenvalue weighted by atomic mass is 10.3. The maximum absolute atomic E-state index is 10.6. The maximum atomic E-state index is 10.6. The summed E-state index contributed by atoms with van der Waals surface area (Å²) >= 11 is 0. The first-order chi connectivity index (χ1) is 5.16. The lowest BCUT2D eigenvalue weighted by Crippen LogP contribution is -2.14. The average Bonchev–Trinajstić information content (AvgIpc) is 1.86. The van der Waals surface area contributed by atoms with Crippen molar-refractivity contribution in [1.82, 2.24) is 0 Å². The van der Waals surface area contributed by atoms with Gasteiger partial charge in [-0.05, 0) is 6.42 Å². The Morgan fingerprint density at radius 3 is 2.64 bits per heavy atom. The number of aliphatic imine (C=N–C) groups is 1. The molecule has 62 valence electrons. The van der Waals surface area contributed by atoms with Crippen molar-refractivity contribution in [3.63, 3.8) is 0 Å². The molecule has 0 atom stereocenters. The van der Waals surface area contributed by atoms with E-state index in [2.05, 4.69) is 4.99 Å². The minimum absolute atomic E-state index is 0.291. The Hall–Kier alpha value is -1.19. The zero-order chi connectivity index (χ0) is 8.69. The smallest absolute Gasteiger partial charge is 0.254 e. The molecule has 0 aromatic rings. The van der Waals surface area contributed by atoms with Crippen LogP contribution in [-0.4, -0.2) is 18.0 Å². The zero-order valence-corrected chi connectivity index (χ0v) is 6.54. The highest BCUT2D eigenvalue weighted by Crippen LogP contribution is 1.85. The minimum Gasteiger partial charge on any atom is -0.369 e. The summed E-state index contributed by atoms with van der Waals surface area (Å²) in [6.07, 6.45) is 2.91. The van der Waals surface area contributed by atoms with Crippen LogP contribution in [0.15, 0.2) is 4.99 Å². The molecular weight excluding hydrogens is 144 g/mol. The molecule has 0 bridgehead atoms. The molecule has 0 heterocycles. The molecule has 0 spiro atoms.